The van der Waals surface area contributed by atoms with Crippen LogP contribution in [0.25, 0.3) is 0 Å². The normalized spacial score (nSPS) is 17.9. The minimum atomic E-state index is 0.331. The van der Waals surface area contributed by atoms with Crippen LogP contribution < -0.4 is 5.32 Å². The smallest absolute Gasteiger partial charge is 0.129 e. The van der Waals surface area contributed by atoms with Crippen molar-refractivity contribution in [3.05, 3.63) is 18.1 Å². The first-order chi connectivity index (χ1) is 8.16. The van der Waals surface area contributed by atoms with E-state index in [0.29, 0.717) is 5.54 Å². The van der Waals surface area contributed by atoms with E-state index >= 15 is 0 Å². The van der Waals surface area contributed by atoms with Crippen LogP contribution in [0.15, 0.2) is 12.4 Å². The molecule has 0 unspecified atom stereocenters. The zero-order valence-corrected chi connectivity index (χ0v) is 11.0. The number of nitrogens with one attached hydrogen (secondary N) is 1. The Morgan fingerprint density at radius 1 is 1.35 bits per heavy atom. The van der Waals surface area contributed by atoms with Gasteiger partial charge in [-0.25, -0.2) is 9.97 Å². The molecule has 4 heteroatoms. The summed E-state index contributed by atoms with van der Waals surface area (Å²) in [5, 5.41) is 3.45. The van der Waals surface area contributed by atoms with E-state index in [4.69, 9.17) is 0 Å². The largest absolute Gasteiger partial charge is 0.368 e. The molecule has 1 fully saturated rings. The highest BCUT2D eigenvalue weighted by Gasteiger charge is 2.38. The van der Waals surface area contributed by atoms with Crippen molar-refractivity contribution in [3.63, 3.8) is 0 Å². The van der Waals surface area contributed by atoms with Gasteiger partial charge in [-0.3, -0.25) is 0 Å². The molecule has 0 bridgehead atoms. The zero-order chi connectivity index (χ0) is 12.3. The number of nitrogens with zero attached hydrogens (tertiary/aromatic N) is 3. The van der Waals surface area contributed by atoms with Crippen molar-refractivity contribution in [2.45, 2.75) is 38.1 Å². The van der Waals surface area contributed by atoms with Crippen molar-refractivity contribution in [3.8, 4) is 0 Å². The molecule has 17 heavy (non-hydrogen) atoms. The first kappa shape index (κ1) is 12.3. The van der Waals surface area contributed by atoms with Gasteiger partial charge in [0, 0.05) is 23.8 Å². The lowest BCUT2D eigenvalue weighted by Crippen LogP contribution is -2.54. The first-order valence-corrected chi connectivity index (χ1v) is 6.38. The summed E-state index contributed by atoms with van der Waals surface area (Å²) in [5.41, 5.74) is 1.42. The van der Waals surface area contributed by atoms with E-state index in [1.54, 1.807) is 6.33 Å². The molecule has 0 spiro atoms. The summed E-state index contributed by atoms with van der Waals surface area (Å²) in [4.78, 5) is 10.8. The third-order valence-corrected chi connectivity index (χ3v) is 3.92. The Bertz CT molecular complexity index is 371. The lowest BCUT2D eigenvalue weighted by molar-refractivity contribution is 0.0738. The van der Waals surface area contributed by atoms with Crippen LogP contribution in [0.4, 0.5) is 5.82 Å². The van der Waals surface area contributed by atoms with Crippen LogP contribution in [-0.4, -0.2) is 41.0 Å². The van der Waals surface area contributed by atoms with E-state index in [1.165, 1.54) is 19.3 Å². The second-order valence-electron chi connectivity index (χ2n) is 5.07. The Balaban J connectivity index is 1.97. The van der Waals surface area contributed by atoms with Gasteiger partial charge >= 0.3 is 0 Å². The molecule has 4 nitrogen and oxygen atoms in total. The number of hydrogen-bond acceptors (Lipinski definition) is 4. The van der Waals surface area contributed by atoms with Gasteiger partial charge in [-0.15, -0.1) is 0 Å². The number of rotatable bonds is 5. The van der Waals surface area contributed by atoms with Crippen LogP contribution in [0.1, 0.15) is 31.9 Å². The van der Waals surface area contributed by atoms with Crippen molar-refractivity contribution in [2.24, 2.45) is 0 Å². The van der Waals surface area contributed by atoms with Crippen molar-refractivity contribution in [1.82, 2.24) is 14.9 Å². The fraction of sp³-hybridized carbons (Fsp3) is 0.692. The lowest BCUT2D eigenvalue weighted by atomic mass is 9.75. The zero-order valence-electron chi connectivity index (χ0n) is 11.0. The molecule has 1 aliphatic rings. The van der Waals surface area contributed by atoms with Gasteiger partial charge in [0.2, 0.25) is 0 Å². The van der Waals surface area contributed by atoms with Gasteiger partial charge in [0.25, 0.3) is 0 Å². The quantitative estimate of drug-likeness (QED) is 0.845. The van der Waals surface area contributed by atoms with Gasteiger partial charge in [0.05, 0.1) is 0 Å². The summed E-state index contributed by atoms with van der Waals surface area (Å²) in [6.07, 6.45) is 6.49. The van der Waals surface area contributed by atoms with Crippen molar-refractivity contribution in [2.75, 3.05) is 26.0 Å². The van der Waals surface area contributed by atoms with Crippen LogP contribution in [0.3, 0.4) is 0 Å². The molecule has 1 N–H and O–H groups in total. The van der Waals surface area contributed by atoms with Crippen molar-refractivity contribution in [1.29, 1.82) is 0 Å². The predicted molar refractivity (Wildman–Crippen MR) is 70.2 cm³/mol. The highest BCUT2D eigenvalue weighted by atomic mass is 15.2. The van der Waals surface area contributed by atoms with E-state index < -0.39 is 0 Å². The summed E-state index contributed by atoms with van der Waals surface area (Å²) in [6, 6.07) is 2.04. The van der Waals surface area contributed by atoms with Crippen LogP contribution in [-0.2, 0) is 6.42 Å². The Kier molecular flexibility index (Phi) is 3.62. The Morgan fingerprint density at radius 2 is 2.12 bits per heavy atom. The fourth-order valence-corrected chi connectivity index (χ4v) is 2.31. The molecule has 0 amide bonds. The molecule has 94 valence electrons. The van der Waals surface area contributed by atoms with E-state index in [-0.39, 0.29) is 0 Å². The summed E-state index contributed by atoms with van der Waals surface area (Å²) in [7, 11) is 4.33. The molecule has 0 saturated heterocycles. The highest BCUT2D eigenvalue weighted by Crippen LogP contribution is 2.36. The summed E-state index contributed by atoms with van der Waals surface area (Å²) in [6.45, 7) is 3.08. The maximum absolute atomic E-state index is 4.27. The average molecular weight is 234 g/mol. The number of aryl methyl sites for hydroxylation is 1. The predicted octanol–water partition coefficient (Wildman–Crippen LogP) is 1.94. The molecule has 0 aromatic carbocycles. The topological polar surface area (TPSA) is 41.0 Å². The van der Waals surface area contributed by atoms with Crippen molar-refractivity contribution >= 4 is 5.82 Å². The van der Waals surface area contributed by atoms with Crippen molar-refractivity contribution < 1.29 is 0 Å². The SMILES string of the molecule is CCc1cc(NCC2(N(C)C)CCC2)ncn1. The summed E-state index contributed by atoms with van der Waals surface area (Å²) in [5.74, 6) is 0.949. The third-order valence-electron chi connectivity index (χ3n) is 3.92. The van der Waals surface area contributed by atoms with Crippen LogP contribution in [0.2, 0.25) is 0 Å². The Labute approximate surface area is 103 Å². The highest BCUT2D eigenvalue weighted by molar-refractivity contribution is 5.35. The first-order valence-electron chi connectivity index (χ1n) is 6.38. The Morgan fingerprint density at radius 3 is 2.65 bits per heavy atom. The van der Waals surface area contributed by atoms with Gasteiger partial charge in [0.15, 0.2) is 0 Å². The van der Waals surface area contributed by atoms with E-state index in [2.05, 4.69) is 41.2 Å². The molecule has 1 aromatic heterocycles. The summed E-state index contributed by atoms with van der Waals surface area (Å²) < 4.78 is 0. The van der Waals surface area contributed by atoms with Crippen LogP contribution in [0.5, 0.6) is 0 Å². The molecule has 0 aliphatic heterocycles. The van der Waals surface area contributed by atoms with Gasteiger partial charge in [-0.05, 0) is 39.8 Å². The number of likely N-dealkylation sites (N-methyl/N-ethyl adjacent to an activating group) is 1. The maximum atomic E-state index is 4.27. The van der Waals surface area contributed by atoms with Gasteiger partial charge in [-0.1, -0.05) is 6.92 Å². The third kappa shape index (κ3) is 2.57. The molecule has 0 atom stereocenters. The molecule has 1 aromatic rings. The minimum Gasteiger partial charge on any atom is -0.368 e. The van der Waals surface area contributed by atoms with E-state index in [9.17, 15) is 0 Å². The molecular weight excluding hydrogens is 212 g/mol. The number of hydrogen-bond donors (Lipinski definition) is 1. The molecule has 2 rings (SSSR count). The number of aromatic nitrogens is 2. The molecule has 0 radical (unpaired) electrons. The lowest BCUT2D eigenvalue weighted by Gasteiger charge is -2.47. The van der Waals surface area contributed by atoms with E-state index in [1.807, 2.05) is 6.07 Å². The number of anilines is 1. The minimum absolute atomic E-state index is 0.331. The Hall–Kier alpha value is -1.16. The second kappa shape index (κ2) is 5.00. The molecule has 1 aliphatic carbocycles. The average Bonchev–Trinajstić information content (AvgIpc) is 2.27. The van der Waals surface area contributed by atoms with Crippen LogP contribution in [0, 0.1) is 0 Å². The standard InChI is InChI=1S/C13H22N4/c1-4-11-8-12(16-10-15-11)14-9-13(17(2)3)6-5-7-13/h8,10H,4-7,9H2,1-3H3,(H,14,15,16). The van der Waals surface area contributed by atoms with Gasteiger partial charge in [-0.2, -0.15) is 0 Å². The second-order valence-corrected chi connectivity index (χ2v) is 5.07. The molecule has 1 heterocycles. The van der Waals surface area contributed by atoms with Gasteiger partial charge in [0.1, 0.15) is 12.1 Å². The van der Waals surface area contributed by atoms with Crippen LogP contribution >= 0.6 is 0 Å². The molecular formula is C13H22N4. The maximum Gasteiger partial charge on any atom is 0.129 e. The molecule has 1 saturated carbocycles. The fourth-order valence-electron chi connectivity index (χ4n) is 2.31. The monoisotopic (exact) mass is 234 g/mol. The van der Waals surface area contributed by atoms with Gasteiger partial charge < -0.3 is 10.2 Å². The van der Waals surface area contributed by atoms with E-state index in [0.717, 1.165) is 24.5 Å². The summed E-state index contributed by atoms with van der Waals surface area (Å²) >= 11 is 0.